The molecule has 0 bridgehead atoms. The second-order valence-electron chi connectivity index (χ2n) is 5.07. The number of benzene rings is 1. The molecule has 1 aromatic carbocycles. The van der Waals surface area contributed by atoms with Crippen molar-refractivity contribution in [3.63, 3.8) is 0 Å². The number of carboxylic acids is 1. The van der Waals surface area contributed by atoms with Gasteiger partial charge in [-0.05, 0) is 31.5 Å². The van der Waals surface area contributed by atoms with Crippen LogP contribution in [0.4, 0.5) is 5.69 Å². The van der Waals surface area contributed by atoms with E-state index in [1.54, 1.807) is 25.6 Å². The van der Waals surface area contributed by atoms with Gasteiger partial charge in [0.1, 0.15) is 5.60 Å². The molecule has 0 saturated carbocycles. The second-order valence-corrected chi connectivity index (χ2v) is 6.17. The van der Waals surface area contributed by atoms with E-state index in [2.05, 4.69) is 5.32 Å². The maximum atomic E-state index is 12.0. The van der Waals surface area contributed by atoms with E-state index < -0.39 is 11.6 Å². The van der Waals surface area contributed by atoms with Gasteiger partial charge in [0.15, 0.2) is 0 Å². The number of aliphatic carboxylic acids is 1. The second kappa shape index (κ2) is 8.05. The first-order valence-electron chi connectivity index (χ1n) is 6.60. The van der Waals surface area contributed by atoms with Gasteiger partial charge in [-0.1, -0.05) is 12.1 Å². The predicted octanol–water partition coefficient (Wildman–Crippen LogP) is 2.76. The van der Waals surface area contributed by atoms with Crippen molar-refractivity contribution in [2.75, 3.05) is 18.2 Å². The quantitative estimate of drug-likeness (QED) is 0.722. The highest BCUT2D eigenvalue weighted by molar-refractivity contribution is 7.98. The number of carboxylic acid groups (broad SMARTS) is 1. The van der Waals surface area contributed by atoms with E-state index >= 15 is 0 Å². The molecular weight excluding hydrogens is 290 g/mol. The highest BCUT2D eigenvalue weighted by Gasteiger charge is 2.26. The molecule has 0 saturated heterocycles. The third-order valence-electron chi connectivity index (χ3n) is 2.97. The van der Waals surface area contributed by atoms with Crippen molar-refractivity contribution in [3.8, 4) is 0 Å². The molecule has 0 aliphatic heterocycles. The Hall–Kier alpha value is -1.53. The molecular formula is C15H21NO4S. The molecule has 6 heteroatoms. The fourth-order valence-electron chi connectivity index (χ4n) is 1.46. The van der Waals surface area contributed by atoms with Gasteiger partial charge in [0.2, 0.25) is 0 Å². The molecule has 0 unspecified atom stereocenters. The van der Waals surface area contributed by atoms with E-state index in [0.29, 0.717) is 17.2 Å². The smallest absolute Gasteiger partial charge is 0.304 e. The summed E-state index contributed by atoms with van der Waals surface area (Å²) in [5, 5.41) is 11.4. The number of anilines is 1. The minimum Gasteiger partial charge on any atom is -0.481 e. The van der Waals surface area contributed by atoms with Crippen LogP contribution in [0.5, 0.6) is 0 Å². The summed E-state index contributed by atoms with van der Waals surface area (Å²) in [6.45, 7) is 3.40. The Labute approximate surface area is 129 Å². The molecule has 1 aromatic rings. The number of thioether (sulfide) groups is 1. The van der Waals surface area contributed by atoms with E-state index in [1.807, 2.05) is 24.3 Å². The van der Waals surface area contributed by atoms with E-state index in [9.17, 15) is 9.59 Å². The number of nitrogens with one attached hydrogen (secondary N) is 1. The van der Waals surface area contributed by atoms with E-state index in [4.69, 9.17) is 9.84 Å². The predicted molar refractivity (Wildman–Crippen MR) is 84.6 cm³/mol. The van der Waals surface area contributed by atoms with Crippen molar-refractivity contribution in [2.24, 2.45) is 0 Å². The highest BCUT2D eigenvalue weighted by Crippen LogP contribution is 2.19. The maximum Gasteiger partial charge on any atom is 0.304 e. The lowest BCUT2D eigenvalue weighted by Crippen LogP contribution is -2.38. The van der Waals surface area contributed by atoms with Crippen LogP contribution < -0.4 is 5.32 Å². The summed E-state index contributed by atoms with van der Waals surface area (Å²) in [7, 11) is 1.50. The lowest BCUT2D eigenvalue weighted by Gasteiger charge is -2.21. The number of ether oxygens (including phenoxy) is 1. The zero-order valence-corrected chi connectivity index (χ0v) is 13.3. The van der Waals surface area contributed by atoms with E-state index in [0.717, 1.165) is 5.56 Å². The standard InChI is InChI=1S/C15H21NO4S/c1-15(2,20-3)14(19)16-12-6-4-5-11(9-12)10-21-8-7-13(17)18/h4-6,9H,7-8,10H2,1-3H3,(H,16,19)(H,17,18). The highest BCUT2D eigenvalue weighted by atomic mass is 32.2. The van der Waals surface area contributed by atoms with Gasteiger partial charge in [-0.3, -0.25) is 9.59 Å². The Morgan fingerprint density at radius 2 is 2.10 bits per heavy atom. The number of methoxy groups -OCH3 is 1. The van der Waals surface area contributed by atoms with Gasteiger partial charge in [0.25, 0.3) is 5.91 Å². The zero-order chi connectivity index (χ0) is 15.9. The number of hydrogen-bond acceptors (Lipinski definition) is 4. The van der Waals surface area contributed by atoms with Gasteiger partial charge in [-0.25, -0.2) is 0 Å². The van der Waals surface area contributed by atoms with E-state index in [-0.39, 0.29) is 12.3 Å². The van der Waals surface area contributed by atoms with Crippen LogP contribution in [0, 0.1) is 0 Å². The van der Waals surface area contributed by atoms with Gasteiger partial charge in [-0.2, -0.15) is 11.8 Å². The molecule has 0 aliphatic rings. The Kier molecular flexibility index (Phi) is 6.71. The molecule has 0 atom stereocenters. The molecule has 0 aliphatic carbocycles. The molecule has 0 fully saturated rings. The third-order valence-corrected chi connectivity index (χ3v) is 4.00. The largest absolute Gasteiger partial charge is 0.481 e. The maximum absolute atomic E-state index is 12.0. The molecule has 5 nitrogen and oxygen atoms in total. The molecule has 116 valence electrons. The minimum atomic E-state index is -0.883. The topological polar surface area (TPSA) is 75.6 Å². The molecule has 0 heterocycles. The van der Waals surface area contributed by atoms with Gasteiger partial charge in [0.05, 0.1) is 6.42 Å². The lowest BCUT2D eigenvalue weighted by atomic mass is 10.1. The summed E-state index contributed by atoms with van der Waals surface area (Å²) < 4.78 is 5.13. The first kappa shape index (κ1) is 17.5. The Bertz CT molecular complexity index is 502. The molecule has 0 aromatic heterocycles. The number of hydrogen-bond donors (Lipinski definition) is 2. The summed E-state index contributed by atoms with van der Waals surface area (Å²) >= 11 is 1.55. The Morgan fingerprint density at radius 3 is 2.71 bits per heavy atom. The van der Waals surface area contributed by atoms with Crippen molar-refractivity contribution in [1.29, 1.82) is 0 Å². The number of rotatable bonds is 8. The van der Waals surface area contributed by atoms with Gasteiger partial charge in [0, 0.05) is 24.3 Å². The summed E-state index contributed by atoms with van der Waals surface area (Å²) in [5.74, 6) is 0.291. The molecule has 2 N–H and O–H groups in total. The fourth-order valence-corrected chi connectivity index (χ4v) is 2.34. The van der Waals surface area contributed by atoms with Gasteiger partial charge in [-0.15, -0.1) is 0 Å². The van der Waals surface area contributed by atoms with Crippen molar-refractivity contribution in [2.45, 2.75) is 31.6 Å². The molecule has 0 radical (unpaired) electrons. The molecule has 0 spiro atoms. The van der Waals surface area contributed by atoms with Crippen LogP contribution in [0.1, 0.15) is 25.8 Å². The normalized spacial score (nSPS) is 11.2. The summed E-state index contributed by atoms with van der Waals surface area (Å²) in [6.07, 6.45) is 0.156. The Balaban J connectivity index is 2.56. The monoisotopic (exact) mass is 311 g/mol. The first-order valence-corrected chi connectivity index (χ1v) is 7.75. The number of amides is 1. The average molecular weight is 311 g/mol. The first-order chi connectivity index (χ1) is 9.85. The van der Waals surface area contributed by atoms with Crippen molar-refractivity contribution in [3.05, 3.63) is 29.8 Å². The molecule has 1 rings (SSSR count). The van der Waals surface area contributed by atoms with Crippen molar-refractivity contribution in [1.82, 2.24) is 0 Å². The van der Waals surface area contributed by atoms with Crippen molar-refractivity contribution >= 4 is 29.3 Å². The van der Waals surface area contributed by atoms with Crippen molar-refractivity contribution < 1.29 is 19.4 Å². The van der Waals surface area contributed by atoms with Crippen LogP contribution >= 0.6 is 11.8 Å². The summed E-state index contributed by atoms with van der Waals surface area (Å²) in [5.41, 5.74) is 0.867. The third kappa shape index (κ3) is 6.18. The average Bonchev–Trinajstić information content (AvgIpc) is 2.43. The number of carbonyl (C=O) groups is 2. The SMILES string of the molecule is COC(C)(C)C(=O)Nc1cccc(CSCCC(=O)O)c1. The Morgan fingerprint density at radius 1 is 1.38 bits per heavy atom. The van der Waals surface area contributed by atoms with Crippen LogP contribution in [-0.4, -0.2) is 35.4 Å². The molecule has 1 amide bonds. The lowest BCUT2D eigenvalue weighted by molar-refractivity contribution is -0.136. The van der Waals surface area contributed by atoms with Crippen LogP contribution in [0.2, 0.25) is 0 Å². The fraction of sp³-hybridized carbons (Fsp3) is 0.467. The van der Waals surface area contributed by atoms with E-state index in [1.165, 1.54) is 7.11 Å². The summed E-state index contributed by atoms with van der Waals surface area (Å²) in [6, 6.07) is 7.51. The van der Waals surface area contributed by atoms with Crippen LogP contribution in [0.25, 0.3) is 0 Å². The minimum absolute atomic E-state index is 0.156. The van der Waals surface area contributed by atoms with Crippen LogP contribution in [0.3, 0.4) is 0 Å². The van der Waals surface area contributed by atoms with Gasteiger partial charge < -0.3 is 15.2 Å². The van der Waals surface area contributed by atoms with Gasteiger partial charge >= 0.3 is 5.97 Å². The summed E-state index contributed by atoms with van der Waals surface area (Å²) in [4.78, 5) is 22.4. The molecule has 21 heavy (non-hydrogen) atoms. The van der Waals surface area contributed by atoms with Crippen LogP contribution in [-0.2, 0) is 20.1 Å². The van der Waals surface area contributed by atoms with Crippen LogP contribution in [0.15, 0.2) is 24.3 Å². The zero-order valence-electron chi connectivity index (χ0n) is 12.5. The number of carbonyl (C=O) groups excluding carboxylic acids is 1.